The van der Waals surface area contributed by atoms with Crippen LogP contribution in [-0.4, -0.2) is 47.3 Å². The second-order valence-electron chi connectivity index (χ2n) is 5.29. The van der Waals surface area contributed by atoms with E-state index in [1.165, 1.54) is 0 Å². The summed E-state index contributed by atoms with van der Waals surface area (Å²) < 4.78 is 0. The molecule has 0 aromatic heterocycles. The van der Waals surface area contributed by atoms with Gasteiger partial charge in [0.2, 0.25) is 11.8 Å². The number of benzene rings is 1. The molecule has 4 nitrogen and oxygen atoms in total. The van der Waals surface area contributed by atoms with Gasteiger partial charge in [0.25, 0.3) is 0 Å². The summed E-state index contributed by atoms with van der Waals surface area (Å²) in [7, 11) is 0. The van der Waals surface area contributed by atoms with Crippen molar-refractivity contribution >= 4 is 17.9 Å². The lowest BCUT2D eigenvalue weighted by molar-refractivity contribution is -0.154. The Morgan fingerprint density at radius 1 is 1.24 bits per heavy atom. The molecule has 21 heavy (non-hydrogen) atoms. The van der Waals surface area contributed by atoms with E-state index < -0.39 is 0 Å². The molecular weight excluding hydrogens is 264 g/mol. The number of nitrogens with zero attached hydrogens (tertiary/aromatic N) is 2. The van der Waals surface area contributed by atoms with Gasteiger partial charge in [-0.05, 0) is 18.9 Å². The molecule has 2 rings (SSSR count). The summed E-state index contributed by atoms with van der Waals surface area (Å²) in [5, 5.41) is 0. The second kappa shape index (κ2) is 7.07. The number of hydrogen-bond acceptors (Lipinski definition) is 2. The van der Waals surface area contributed by atoms with Crippen LogP contribution >= 0.6 is 0 Å². The van der Waals surface area contributed by atoms with Gasteiger partial charge in [0, 0.05) is 13.1 Å². The van der Waals surface area contributed by atoms with Crippen molar-refractivity contribution in [3.63, 3.8) is 0 Å². The molecule has 0 saturated carbocycles. The zero-order valence-corrected chi connectivity index (χ0v) is 12.7. The maximum Gasteiger partial charge on any atom is 0.245 e. The Labute approximate surface area is 126 Å². The lowest BCUT2D eigenvalue weighted by Crippen LogP contribution is -2.58. The van der Waals surface area contributed by atoms with Crippen molar-refractivity contribution < 1.29 is 9.59 Å². The number of carbonyl (C=O) groups is 2. The van der Waals surface area contributed by atoms with Crippen LogP contribution in [0.15, 0.2) is 36.4 Å². The summed E-state index contributed by atoms with van der Waals surface area (Å²) in [6, 6.07) is 9.55. The van der Waals surface area contributed by atoms with Crippen LogP contribution in [0.4, 0.5) is 0 Å². The highest BCUT2D eigenvalue weighted by molar-refractivity contribution is 5.94. The van der Waals surface area contributed by atoms with Gasteiger partial charge in [0.15, 0.2) is 0 Å². The minimum absolute atomic E-state index is 0.0215. The van der Waals surface area contributed by atoms with Gasteiger partial charge < -0.3 is 9.80 Å². The van der Waals surface area contributed by atoms with E-state index >= 15 is 0 Å². The summed E-state index contributed by atoms with van der Waals surface area (Å²) in [5.74, 6) is 0.0674. The number of amides is 2. The minimum atomic E-state index is -0.377. The highest BCUT2D eigenvalue weighted by Crippen LogP contribution is 2.13. The van der Waals surface area contributed by atoms with Crippen LogP contribution in [0.25, 0.3) is 6.08 Å². The molecule has 1 fully saturated rings. The number of rotatable bonds is 5. The molecule has 4 heteroatoms. The molecule has 1 aliphatic heterocycles. The molecule has 1 aromatic rings. The molecule has 1 aromatic carbocycles. The highest BCUT2D eigenvalue weighted by Gasteiger charge is 2.35. The fourth-order valence-corrected chi connectivity index (χ4v) is 2.53. The van der Waals surface area contributed by atoms with Crippen LogP contribution < -0.4 is 0 Å². The zero-order chi connectivity index (χ0) is 15.2. The third-order valence-electron chi connectivity index (χ3n) is 3.69. The van der Waals surface area contributed by atoms with Crippen LogP contribution in [0.2, 0.25) is 0 Å². The van der Waals surface area contributed by atoms with Crippen molar-refractivity contribution in [3.05, 3.63) is 42.0 Å². The van der Waals surface area contributed by atoms with Gasteiger partial charge >= 0.3 is 0 Å². The minimum Gasteiger partial charge on any atom is -0.332 e. The van der Waals surface area contributed by atoms with E-state index in [4.69, 9.17) is 0 Å². The summed E-state index contributed by atoms with van der Waals surface area (Å²) in [5.41, 5.74) is 1.09. The normalized spacial score (nSPS) is 19.6. The van der Waals surface area contributed by atoms with Gasteiger partial charge in [0.05, 0.1) is 6.54 Å². The first-order valence-corrected chi connectivity index (χ1v) is 7.43. The van der Waals surface area contributed by atoms with Crippen molar-refractivity contribution in [1.82, 2.24) is 9.80 Å². The summed E-state index contributed by atoms with van der Waals surface area (Å²) in [6.45, 7) is 5.15. The molecule has 0 spiro atoms. The van der Waals surface area contributed by atoms with E-state index in [9.17, 15) is 9.59 Å². The maximum atomic E-state index is 12.2. The molecule has 0 radical (unpaired) electrons. The van der Waals surface area contributed by atoms with Crippen LogP contribution in [0.5, 0.6) is 0 Å². The first-order valence-electron chi connectivity index (χ1n) is 7.43. The predicted octanol–water partition coefficient (Wildman–Crippen LogP) is 2.17. The molecule has 0 N–H and O–H groups in total. The first-order chi connectivity index (χ1) is 10.1. The smallest absolute Gasteiger partial charge is 0.245 e. The standard InChI is InChI=1S/C17H22N2O2/c1-3-11-18-13-16(20)19(14(2)17(18)21)12-7-10-15-8-5-4-6-9-15/h4-10,14H,3,11-13H2,1-2H3/b10-7+/t14-/m1/s1. The Kier molecular flexibility index (Phi) is 5.14. The Balaban J connectivity index is 1.99. The molecule has 0 unspecified atom stereocenters. The summed E-state index contributed by atoms with van der Waals surface area (Å²) >= 11 is 0. The molecule has 0 aliphatic carbocycles. The molecule has 1 saturated heterocycles. The summed E-state index contributed by atoms with van der Waals surface area (Å²) in [6.07, 6.45) is 4.79. The van der Waals surface area contributed by atoms with Crippen LogP contribution in [0, 0.1) is 0 Å². The molecular formula is C17H22N2O2. The fraction of sp³-hybridized carbons (Fsp3) is 0.412. The van der Waals surface area contributed by atoms with Crippen molar-refractivity contribution in [1.29, 1.82) is 0 Å². The topological polar surface area (TPSA) is 40.6 Å². The highest BCUT2D eigenvalue weighted by atomic mass is 16.2. The quantitative estimate of drug-likeness (QED) is 0.832. The Morgan fingerprint density at radius 3 is 2.62 bits per heavy atom. The van der Waals surface area contributed by atoms with Gasteiger partial charge in [-0.25, -0.2) is 0 Å². The van der Waals surface area contributed by atoms with Crippen LogP contribution in [-0.2, 0) is 9.59 Å². The van der Waals surface area contributed by atoms with Crippen molar-refractivity contribution in [2.75, 3.05) is 19.6 Å². The van der Waals surface area contributed by atoms with Crippen LogP contribution in [0.1, 0.15) is 25.8 Å². The van der Waals surface area contributed by atoms with Crippen molar-refractivity contribution in [2.24, 2.45) is 0 Å². The molecule has 112 valence electrons. The SMILES string of the molecule is CCCN1CC(=O)N(C/C=C/c2ccccc2)[C@H](C)C1=O. The van der Waals surface area contributed by atoms with Gasteiger partial charge in [-0.2, -0.15) is 0 Å². The van der Waals surface area contributed by atoms with Crippen molar-refractivity contribution in [3.8, 4) is 0 Å². The average molecular weight is 286 g/mol. The predicted molar refractivity (Wildman–Crippen MR) is 83.5 cm³/mol. The van der Waals surface area contributed by atoms with Crippen molar-refractivity contribution in [2.45, 2.75) is 26.3 Å². The Hall–Kier alpha value is -2.10. The molecule has 0 bridgehead atoms. The first kappa shape index (κ1) is 15.3. The zero-order valence-electron chi connectivity index (χ0n) is 12.7. The third kappa shape index (κ3) is 3.72. The fourth-order valence-electron chi connectivity index (χ4n) is 2.53. The van der Waals surface area contributed by atoms with E-state index in [-0.39, 0.29) is 24.4 Å². The van der Waals surface area contributed by atoms with E-state index in [1.807, 2.05) is 49.4 Å². The second-order valence-corrected chi connectivity index (χ2v) is 5.29. The molecule has 1 heterocycles. The maximum absolute atomic E-state index is 12.2. The number of piperazine rings is 1. The van der Waals surface area contributed by atoms with E-state index in [1.54, 1.807) is 16.7 Å². The van der Waals surface area contributed by atoms with Gasteiger partial charge in [-0.3, -0.25) is 9.59 Å². The molecule has 1 atom stereocenters. The number of hydrogen-bond donors (Lipinski definition) is 0. The summed E-state index contributed by atoms with van der Waals surface area (Å²) in [4.78, 5) is 27.7. The molecule has 1 aliphatic rings. The Bertz CT molecular complexity index is 525. The van der Waals surface area contributed by atoms with Gasteiger partial charge in [-0.1, -0.05) is 49.4 Å². The largest absolute Gasteiger partial charge is 0.332 e. The van der Waals surface area contributed by atoms with Gasteiger partial charge in [-0.15, -0.1) is 0 Å². The van der Waals surface area contributed by atoms with E-state index in [0.717, 1.165) is 12.0 Å². The number of carbonyl (C=O) groups excluding carboxylic acids is 2. The molecule has 2 amide bonds. The Morgan fingerprint density at radius 2 is 1.95 bits per heavy atom. The van der Waals surface area contributed by atoms with Gasteiger partial charge in [0.1, 0.15) is 6.04 Å². The average Bonchev–Trinajstić information content (AvgIpc) is 2.49. The van der Waals surface area contributed by atoms with Crippen LogP contribution in [0.3, 0.4) is 0 Å². The van der Waals surface area contributed by atoms with E-state index in [2.05, 4.69) is 0 Å². The third-order valence-corrected chi connectivity index (χ3v) is 3.69. The van der Waals surface area contributed by atoms with E-state index in [0.29, 0.717) is 13.1 Å². The monoisotopic (exact) mass is 286 g/mol. The lowest BCUT2D eigenvalue weighted by Gasteiger charge is -2.38. The lowest BCUT2D eigenvalue weighted by atomic mass is 10.1.